The molecule has 1 aromatic carbocycles. The van der Waals surface area contributed by atoms with Crippen LogP contribution in [0.25, 0.3) is 0 Å². The monoisotopic (exact) mass is 269 g/mol. The molecule has 1 rings (SSSR count). The number of carbonyl (C=O) groups is 1. The highest BCUT2D eigenvalue weighted by Crippen LogP contribution is 2.14. The number of amides is 1. The Balaban J connectivity index is 2.39. The minimum Gasteiger partial charge on any atom is -0.489 e. The molecule has 0 aromatic heterocycles. The SMILES string of the molecule is CCc1ccc(OC(C)CNC(=O)C(C)Cl)cc1. The van der Waals surface area contributed by atoms with Crippen molar-refractivity contribution in [3.05, 3.63) is 29.8 Å². The zero-order valence-electron chi connectivity index (χ0n) is 11.1. The molecule has 0 fully saturated rings. The fraction of sp³-hybridized carbons (Fsp3) is 0.500. The lowest BCUT2D eigenvalue weighted by molar-refractivity contribution is -0.120. The lowest BCUT2D eigenvalue weighted by Gasteiger charge is -2.16. The Hall–Kier alpha value is -1.22. The first kappa shape index (κ1) is 14.8. The van der Waals surface area contributed by atoms with E-state index in [1.165, 1.54) is 5.56 Å². The number of aryl methyl sites for hydroxylation is 1. The predicted molar refractivity (Wildman–Crippen MR) is 74.2 cm³/mol. The molecule has 0 bridgehead atoms. The fourth-order valence-electron chi connectivity index (χ4n) is 1.46. The Bertz CT molecular complexity index is 376. The van der Waals surface area contributed by atoms with Gasteiger partial charge in [0.15, 0.2) is 0 Å². The first-order chi connectivity index (χ1) is 8.52. The van der Waals surface area contributed by atoms with Crippen LogP contribution in [0.1, 0.15) is 26.3 Å². The topological polar surface area (TPSA) is 38.3 Å². The predicted octanol–water partition coefficient (Wildman–Crippen LogP) is 2.76. The largest absolute Gasteiger partial charge is 0.489 e. The highest BCUT2D eigenvalue weighted by molar-refractivity contribution is 6.30. The van der Waals surface area contributed by atoms with Crippen LogP contribution in [0.5, 0.6) is 5.75 Å². The van der Waals surface area contributed by atoms with E-state index in [0.717, 1.165) is 12.2 Å². The quantitative estimate of drug-likeness (QED) is 0.807. The highest BCUT2D eigenvalue weighted by atomic mass is 35.5. The molecule has 0 aliphatic carbocycles. The van der Waals surface area contributed by atoms with Crippen molar-refractivity contribution >= 4 is 17.5 Å². The minimum absolute atomic E-state index is 0.0863. The third-order valence-corrected chi connectivity index (χ3v) is 2.79. The van der Waals surface area contributed by atoms with Gasteiger partial charge in [0, 0.05) is 0 Å². The van der Waals surface area contributed by atoms with Crippen molar-refractivity contribution < 1.29 is 9.53 Å². The van der Waals surface area contributed by atoms with E-state index in [1.54, 1.807) is 6.92 Å². The summed E-state index contributed by atoms with van der Waals surface area (Å²) in [5, 5.41) is 2.22. The van der Waals surface area contributed by atoms with Crippen LogP contribution >= 0.6 is 11.6 Å². The van der Waals surface area contributed by atoms with Crippen LogP contribution in [-0.2, 0) is 11.2 Å². The van der Waals surface area contributed by atoms with Crippen LogP contribution in [0, 0.1) is 0 Å². The Morgan fingerprint density at radius 1 is 1.33 bits per heavy atom. The maximum atomic E-state index is 11.3. The fourth-order valence-corrected chi connectivity index (χ4v) is 1.54. The number of hydrogen-bond acceptors (Lipinski definition) is 2. The summed E-state index contributed by atoms with van der Waals surface area (Å²) in [6.07, 6.45) is 0.927. The molecule has 18 heavy (non-hydrogen) atoms. The molecular formula is C14H20ClNO2. The molecule has 1 N–H and O–H groups in total. The lowest BCUT2D eigenvalue weighted by atomic mass is 10.2. The van der Waals surface area contributed by atoms with Crippen LogP contribution in [0.4, 0.5) is 0 Å². The zero-order chi connectivity index (χ0) is 13.5. The minimum atomic E-state index is -0.513. The Labute approximate surface area is 113 Å². The van der Waals surface area contributed by atoms with E-state index in [-0.39, 0.29) is 12.0 Å². The summed E-state index contributed by atoms with van der Waals surface area (Å²) in [6.45, 7) is 6.12. The van der Waals surface area contributed by atoms with E-state index in [9.17, 15) is 4.79 Å². The number of rotatable bonds is 6. The smallest absolute Gasteiger partial charge is 0.237 e. The normalized spacial score (nSPS) is 13.8. The van der Waals surface area contributed by atoms with Crippen LogP contribution in [0.3, 0.4) is 0 Å². The van der Waals surface area contributed by atoms with E-state index in [2.05, 4.69) is 12.2 Å². The summed E-state index contributed by atoms with van der Waals surface area (Å²) in [6, 6.07) is 7.98. The van der Waals surface area contributed by atoms with Crippen molar-refractivity contribution in [2.45, 2.75) is 38.7 Å². The maximum absolute atomic E-state index is 11.3. The second-order valence-corrected chi connectivity index (χ2v) is 4.94. The molecular weight excluding hydrogens is 250 g/mol. The molecule has 100 valence electrons. The summed E-state index contributed by atoms with van der Waals surface area (Å²) in [5.74, 6) is 0.640. The second-order valence-electron chi connectivity index (χ2n) is 4.29. The van der Waals surface area contributed by atoms with Gasteiger partial charge in [-0.2, -0.15) is 0 Å². The Morgan fingerprint density at radius 3 is 2.44 bits per heavy atom. The summed E-state index contributed by atoms with van der Waals surface area (Å²) in [4.78, 5) is 11.3. The van der Waals surface area contributed by atoms with Gasteiger partial charge in [-0.05, 0) is 38.0 Å². The van der Waals surface area contributed by atoms with Gasteiger partial charge in [-0.3, -0.25) is 4.79 Å². The van der Waals surface area contributed by atoms with Crippen LogP contribution < -0.4 is 10.1 Å². The van der Waals surface area contributed by atoms with Crippen LogP contribution in [-0.4, -0.2) is 23.9 Å². The second kappa shape index (κ2) is 7.27. The van der Waals surface area contributed by atoms with E-state index >= 15 is 0 Å². The molecule has 4 heteroatoms. The molecule has 3 nitrogen and oxygen atoms in total. The molecule has 2 unspecified atom stereocenters. The number of alkyl halides is 1. The molecule has 0 radical (unpaired) electrons. The van der Waals surface area contributed by atoms with Crippen molar-refractivity contribution in [2.24, 2.45) is 0 Å². The first-order valence-corrected chi connectivity index (χ1v) is 6.64. The molecule has 0 heterocycles. The molecule has 0 saturated carbocycles. The molecule has 0 saturated heterocycles. The van der Waals surface area contributed by atoms with E-state index in [4.69, 9.17) is 16.3 Å². The number of ether oxygens (including phenoxy) is 1. The van der Waals surface area contributed by atoms with E-state index < -0.39 is 5.38 Å². The number of carbonyl (C=O) groups excluding carboxylic acids is 1. The standard InChI is InChI=1S/C14H20ClNO2/c1-4-12-5-7-13(8-6-12)18-10(2)9-16-14(17)11(3)15/h5-8,10-11H,4,9H2,1-3H3,(H,16,17). The van der Waals surface area contributed by atoms with Gasteiger partial charge in [0.25, 0.3) is 0 Å². The summed E-state index contributed by atoms with van der Waals surface area (Å²) >= 11 is 5.65. The molecule has 0 aliphatic heterocycles. The molecule has 0 spiro atoms. The zero-order valence-corrected chi connectivity index (χ0v) is 11.8. The third-order valence-electron chi connectivity index (χ3n) is 2.59. The van der Waals surface area contributed by atoms with Gasteiger partial charge in [0.05, 0.1) is 6.54 Å². The van der Waals surface area contributed by atoms with Gasteiger partial charge < -0.3 is 10.1 Å². The number of hydrogen-bond donors (Lipinski definition) is 1. The van der Waals surface area contributed by atoms with Crippen molar-refractivity contribution in [2.75, 3.05) is 6.54 Å². The first-order valence-electron chi connectivity index (χ1n) is 6.20. The van der Waals surface area contributed by atoms with Crippen molar-refractivity contribution in [3.8, 4) is 5.75 Å². The summed E-state index contributed by atoms with van der Waals surface area (Å²) in [7, 11) is 0. The third kappa shape index (κ3) is 4.96. The maximum Gasteiger partial charge on any atom is 0.237 e. The summed E-state index contributed by atoms with van der Waals surface area (Å²) in [5.41, 5.74) is 1.28. The van der Waals surface area contributed by atoms with Crippen molar-refractivity contribution in [1.29, 1.82) is 0 Å². The molecule has 2 atom stereocenters. The average molecular weight is 270 g/mol. The van der Waals surface area contributed by atoms with E-state index in [1.807, 2.05) is 31.2 Å². The van der Waals surface area contributed by atoms with Gasteiger partial charge in [-0.25, -0.2) is 0 Å². The Kier molecular flexibility index (Phi) is 5.99. The average Bonchev–Trinajstić information content (AvgIpc) is 2.36. The lowest BCUT2D eigenvalue weighted by Crippen LogP contribution is -2.36. The van der Waals surface area contributed by atoms with Gasteiger partial charge >= 0.3 is 0 Å². The van der Waals surface area contributed by atoms with Crippen LogP contribution in [0.2, 0.25) is 0 Å². The molecule has 1 amide bonds. The van der Waals surface area contributed by atoms with E-state index in [0.29, 0.717) is 6.54 Å². The van der Waals surface area contributed by atoms with Gasteiger partial charge in [-0.1, -0.05) is 19.1 Å². The van der Waals surface area contributed by atoms with Gasteiger partial charge in [-0.15, -0.1) is 11.6 Å². The number of benzene rings is 1. The number of nitrogens with one attached hydrogen (secondary N) is 1. The summed E-state index contributed by atoms with van der Waals surface area (Å²) < 4.78 is 5.69. The molecule has 0 aliphatic rings. The van der Waals surface area contributed by atoms with Crippen molar-refractivity contribution in [3.63, 3.8) is 0 Å². The van der Waals surface area contributed by atoms with Gasteiger partial charge in [0.1, 0.15) is 17.2 Å². The number of halogens is 1. The van der Waals surface area contributed by atoms with Gasteiger partial charge in [0.2, 0.25) is 5.91 Å². The highest BCUT2D eigenvalue weighted by Gasteiger charge is 2.11. The van der Waals surface area contributed by atoms with Crippen molar-refractivity contribution in [1.82, 2.24) is 5.32 Å². The molecule has 1 aromatic rings. The van der Waals surface area contributed by atoms with Crippen LogP contribution in [0.15, 0.2) is 24.3 Å². The Morgan fingerprint density at radius 2 is 1.94 bits per heavy atom.